The summed E-state index contributed by atoms with van der Waals surface area (Å²) >= 11 is 5.76. The van der Waals surface area contributed by atoms with Gasteiger partial charge in [0, 0.05) is 5.69 Å². The van der Waals surface area contributed by atoms with Gasteiger partial charge in [0.25, 0.3) is 0 Å². The van der Waals surface area contributed by atoms with Crippen LogP contribution >= 0.6 is 11.6 Å². The molecule has 0 aliphatic rings. The minimum Gasteiger partial charge on any atom is -0.397 e. The number of sulfone groups is 1. The number of benzene rings is 1. The highest BCUT2D eigenvalue weighted by Gasteiger charge is 2.19. The first-order chi connectivity index (χ1) is 9.23. The Morgan fingerprint density at radius 2 is 2.10 bits per heavy atom. The van der Waals surface area contributed by atoms with Crippen LogP contribution in [0.5, 0.6) is 0 Å². The summed E-state index contributed by atoms with van der Waals surface area (Å²) in [6, 6.07) is 4.60. The maximum absolute atomic E-state index is 11.8. The van der Waals surface area contributed by atoms with Crippen molar-refractivity contribution in [3.63, 3.8) is 0 Å². The first-order valence-corrected chi connectivity index (χ1v) is 8.48. The number of anilines is 2. The molecule has 3 N–H and O–H groups in total. The summed E-state index contributed by atoms with van der Waals surface area (Å²) in [5, 5.41) is 2.88. The number of carbonyl (C=O) groups is 1. The van der Waals surface area contributed by atoms with Crippen molar-refractivity contribution in [1.82, 2.24) is 0 Å². The van der Waals surface area contributed by atoms with Crippen LogP contribution < -0.4 is 11.1 Å². The fraction of sp³-hybridized carbons (Fsp3) is 0.462. The van der Waals surface area contributed by atoms with Gasteiger partial charge >= 0.3 is 0 Å². The van der Waals surface area contributed by atoms with Gasteiger partial charge in [-0.1, -0.05) is 31.9 Å². The van der Waals surface area contributed by atoms with Crippen molar-refractivity contribution in [2.24, 2.45) is 5.92 Å². The highest BCUT2D eigenvalue weighted by Crippen LogP contribution is 2.22. The third-order valence-electron chi connectivity index (χ3n) is 2.87. The van der Waals surface area contributed by atoms with E-state index in [1.165, 1.54) is 6.07 Å². The van der Waals surface area contributed by atoms with Gasteiger partial charge in [-0.3, -0.25) is 4.79 Å². The molecule has 0 saturated heterocycles. The summed E-state index contributed by atoms with van der Waals surface area (Å²) in [6.07, 6.45) is 0.758. The number of amides is 1. The number of nitrogen functional groups attached to an aromatic ring is 1. The zero-order valence-corrected chi connectivity index (χ0v) is 13.1. The monoisotopic (exact) mass is 318 g/mol. The second-order valence-corrected chi connectivity index (χ2v) is 7.37. The van der Waals surface area contributed by atoms with Gasteiger partial charge in [0.2, 0.25) is 5.91 Å². The largest absolute Gasteiger partial charge is 0.397 e. The Hall–Kier alpha value is -1.27. The second-order valence-electron chi connectivity index (χ2n) is 4.85. The Kier molecular flexibility index (Phi) is 5.83. The number of hydrogen-bond donors (Lipinski definition) is 2. The molecule has 0 spiro atoms. The third-order valence-corrected chi connectivity index (χ3v) is 4.99. The molecule has 0 saturated carbocycles. The number of nitrogens with one attached hydrogen (secondary N) is 1. The number of rotatable bonds is 6. The maximum Gasteiger partial charge on any atom is 0.239 e. The van der Waals surface area contributed by atoms with Crippen LogP contribution in [0.1, 0.15) is 20.3 Å². The zero-order chi connectivity index (χ0) is 15.3. The van der Waals surface area contributed by atoms with E-state index in [2.05, 4.69) is 5.32 Å². The van der Waals surface area contributed by atoms with E-state index in [1.807, 2.05) is 13.8 Å². The van der Waals surface area contributed by atoms with Gasteiger partial charge in [-0.2, -0.15) is 0 Å². The van der Waals surface area contributed by atoms with Gasteiger partial charge in [-0.25, -0.2) is 8.42 Å². The summed E-state index contributed by atoms with van der Waals surface area (Å²) in [6.45, 7) is 3.76. The van der Waals surface area contributed by atoms with Crippen LogP contribution in [0, 0.1) is 5.92 Å². The molecule has 0 bridgehead atoms. The normalized spacial score (nSPS) is 12.9. The minimum absolute atomic E-state index is 0.0136. The van der Waals surface area contributed by atoms with Crippen LogP contribution in [0.15, 0.2) is 18.2 Å². The topological polar surface area (TPSA) is 89.3 Å². The van der Waals surface area contributed by atoms with Crippen LogP contribution in [-0.2, 0) is 14.6 Å². The van der Waals surface area contributed by atoms with E-state index < -0.39 is 21.5 Å². The summed E-state index contributed by atoms with van der Waals surface area (Å²) < 4.78 is 23.6. The Morgan fingerprint density at radius 1 is 1.45 bits per heavy atom. The van der Waals surface area contributed by atoms with Gasteiger partial charge < -0.3 is 11.1 Å². The van der Waals surface area contributed by atoms with Gasteiger partial charge in [0.05, 0.1) is 16.5 Å². The van der Waals surface area contributed by atoms with Crippen molar-refractivity contribution in [2.45, 2.75) is 20.3 Å². The van der Waals surface area contributed by atoms with Crippen LogP contribution in [0.3, 0.4) is 0 Å². The lowest BCUT2D eigenvalue weighted by molar-refractivity contribution is -0.113. The fourth-order valence-corrected chi connectivity index (χ4v) is 3.44. The van der Waals surface area contributed by atoms with Crippen LogP contribution in [0.25, 0.3) is 0 Å². The van der Waals surface area contributed by atoms with E-state index in [0.29, 0.717) is 16.4 Å². The third kappa shape index (κ3) is 5.38. The molecule has 0 aromatic heterocycles. The van der Waals surface area contributed by atoms with E-state index >= 15 is 0 Å². The first kappa shape index (κ1) is 16.8. The Bertz CT molecular complexity index is 587. The molecular formula is C13H19ClN2O3S. The number of nitrogens with two attached hydrogens (primary N) is 1. The average molecular weight is 319 g/mol. The van der Waals surface area contributed by atoms with Crippen molar-refractivity contribution in [3.8, 4) is 0 Å². The summed E-state index contributed by atoms with van der Waals surface area (Å²) in [4.78, 5) is 11.7. The van der Waals surface area contributed by atoms with Crippen molar-refractivity contribution < 1.29 is 13.2 Å². The molecule has 7 heteroatoms. The Labute approximate surface area is 124 Å². The standard InChI is InChI=1S/C13H19ClN2O3S/c1-3-9(2)7-20(18,19)8-13(17)16-10-4-5-11(14)12(15)6-10/h4-6,9H,3,7-8,15H2,1-2H3,(H,16,17). The van der Waals surface area contributed by atoms with E-state index in [0.717, 1.165) is 6.42 Å². The highest BCUT2D eigenvalue weighted by molar-refractivity contribution is 7.92. The number of carbonyl (C=O) groups excluding carboxylic acids is 1. The minimum atomic E-state index is -3.40. The number of halogens is 1. The molecule has 1 rings (SSSR count). The molecule has 5 nitrogen and oxygen atoms in total. The molecule has 0 heterocycles. The molecule has 112 valence electrons. The molecule has 0 aliphatic heterocycles. The molecule has 1 atom stereocenters. The van der Waals surface area contributed by atoms with Gasteiger partial charge in [-0.15, -0.1) is 0 Å². The quantitative estimate of drug-likeness (QED) is 0.788. The van der Waals surface area contributed by atoms with Crippen molar-refractivity contribution in [2.75, 3.05) is 22.6 Å². The highest BCUT2D eigenvalue weighted by atomic mass is 35.5. The smallest absolute Gasteiger partial charge is 0.239 e. The van der Waals surface area contributed by atoms with Crippen molar-refractivity contribution in [3.05, 3.63) is 23.2 Å². The van der Waals surface area contributed by atoms with Crippen LogP contribution in [0.4, 0.5) is 11.4 Å². The molecule has 20 heavy (non-hydrogen) atoms. The van der Waals surface area contributed by atoms with Crippen molar-refractivity contribution >= 4 is 38.7 Å². The first-order valence-electron chi connectivity index (χ1n) is 6.29. The SMILES string of the molecule is CCC(C)CS(=O)(=O)CC(=O)Nc1ccc(Cl)c(N)c1. The van der Waals surface area contributed by atoms with Gasteiger partial charge in [-0.05, 0) is 24.1 Å². The predicted octanol–water partition coefficient (Wildman–Crippen LogP) is 2.32. The lowest BCUT2D eigenvalue weighted by atomic mass is 10.2. The molecule has 0 fully saturated rings. The second kappa shape index (κ2) is 6.95. The predicted molar refractivity (Wildman–Crippen MR) is 82.6 cm³/mol. The van der Waals surface area contributed by atoms with Gasteiger partial charge in [0.15, 0.2) is 9.84 Å². The van der Waals surface area contributed by atoms with E-state index in [1.54, 1.807) is 12.1 Å². The molecule has 1 unspecified atom stereocenters. The van der Waals surface area contributed by atoms with E-state index in [4.69, 9.17) is 17.3 Å². The fourth-order valence-electron chi connectivity index (χ4n) is 1.63. The molecule has 1 aromatic carbocycles. The van der Waals surface area contributed by atoms with Crippen LogP contribution in [0.2, 0.25) is 5.02 Å². The molecule has 1 aromatic rings. The van der Waals surface area contributed by atoms with Gasteiger partial charge in [0.1, 0.15) is 5.75 Å². The lowest BCUT2D eigenvalue weighted by Gasteiger charge is -2.10. The van der Waals surface area contributed by atoms with E-state index in [9.17, 15) is 13.2 Å². The number of hydrogen-bond acceptors (Lipinski definition) is 4. The Morgan fingerprint density at radius 3 is 2.65 bits per heavy atom. The molecule has 1 amide bonds. The molecular weight excluding hydrogens is 300 g/mol. The maximum atomic E-state index is 11.8. The van der Waals surface area contributed by atoms with Crippen LogP contribution in [-0.4, -0.2) is 25.8 Å². The van der Waals surface area contributed by atoms with Crippen molar-refractivity contribution in [1.29, 1.82) is 0 Å². The lowest BCUT2D eigenvalue weighted by Crippen LogP contribution is -2.26. The zero-order valence-electron chi connectivity index (χ0n) is 11.5. The summed E-state index contributed by atoms with van der Waals surface area (Å²) in [5.41, 5.74) is 6.36. The van der Waals surface area contributed by atoms with E-state index in [-0.39, 0.29) is 11.7 Å². The summed E-state index contributed by atoms with van der Waals surface area (Å²) in [5.74, 6) is -1.05. The summed E-state index contributed by atoms with van der Waals surface area (Å²) in [7, 11) is -3.40. The molecule has 0 radical (unpaired) electrons. The Balaban J connectivity index is 2.65. The average Bonchev–Trinajstić information content (AvgIpc) is 2.32. The molecule has 0 aliphatic carbocycles.